The molecule has 0 atom stereocenters. The molecular formula is C20H27N3O. The first kappa shape index (κ1) is 16.7. The number of fused-ring (bicyclic) bond motifs is 1. The quantitative estimate of drug-likeness (QED) is 0.874. The Hall–Kier alpha value is -2.10. The number of amides is 1. The highest BCUT2D eigenvalue weighted by molar-refractivity contribution is 5.95. The monoisotopic (exact) mass is 325 g/mol. The molecule has 1 fully saturated rings. The van der Waals surface area contributed by atoms with Crippen LogP contribution in [-0.2, 0) is 11.2 Å². The lowest BCUT2D eigenvalue weighted by molar-refractivity contribution is -0.120. The van der Waals surface area contributed by atoms with Gasteiger partial charge in [0, 0.05) is 22.8 Å². The SMILES string of the molecule is CCc1c(C)nc2ccccc2c1NCC(=O)NC1CCCCC1. The van der Waals surface area contributed by atoms with Crippen LogP contribution in [0.15, 0.2) is 24.3 Å². The molecule has 4 nitrogen and oxygen atoms in total. The van der Waals surface area contributed by atoms with E-state index >= 15 is 0 Å². The molecule has 2 N–H and O–H groups in total. The molecule has 0 unspecified atom stereocenters. The van der Waals surface area contributed by atoms with E-state index in [1.165, 1.54) is 24.8 Å². The van der Waals surface area contributed by atoms with Gasteiger partial charge in [-0.05, 0) is 37.8 Å². The van der Waals surface area contributed by atoms with E-state index in [0.717, 1.165) is 41.5 Å². The Morgan fingerprint density at radius 3 is 2.71 bits per heavy atom. The molecule has 1 aliphatic carbocycles. The van der Waals surface area contributed by atoms with Crippen molar-refractivity contribution in [3.63, 3.8) is 0 Å². The first-order valence-electron chi connectivity index (χ1n) is 9.10. The molecule has 1 heterocycles. The number of aryl methyl sites for hydroxylation is 1. The Kier molecular flexibility index (Phi) is 5.34. The number of rotatable bonds is 5. The molecule has 1 aromatic heterocycles. The van der Waals surface area contributed by atoms with Gasteiger partial charge in [0.25, 0.3) is 0 Å². The van der Waals surface area contributed by atoms with Crippen LogP contribution < -0.4 is 10.6 Å². The van der Waals surface area contributed by atoms with Gasteiger partial charge in [-0.15, -0.1) is 0 Å². The van der Waals surface area contributed by atoms with Crippen molar-refractivity contribution in [2.45, 2.75) is 58.4 Å². The summed E-state index contributed by atoms with van der Waals surface area (Å²) in [5.41, 5.74) is 4.26. The fourth-order valence-corrected chi connectivity index (χ4v) is 3.70. The van der Waals surface area contributed by atoms with E-state index in [2.05, 4.69) is 28.6 Å². The lowest BCUT2D eigenvalue weighted by Crippen LogP contribution is -2.39. The molecule has 0 saturated heterocycles. The van der Waals surface area contributed by atoms with Crippen LogP contribution in [0.4, 0.5) is 5.69 Å². The average Bonchev–Trinajstić information content (AvgIpc) is 2.60. The number of aromatic nitrogens is 1. The lowest BCUT2D eigenvalue weighted by atomic mass is 9.95. The third kappa shape index (κ3) is 3.69. The number of nitrogens with zero attached hydrogens (tertiary/aromatic N) is 1. The molecule has 128 valence electrons. The first-order chi connectivity index (χ1) is 11.7. The number of anilines is 1. The van der Waals surface area contributed by atoms with E-state index in [9.17, 15) is 4.79 Å². The zero-order valence-corrected chi connectivity index (χ0v) is 14.7. The third-order valence-electron chi connectivity index (χ3n) is 4.95. The van der Waals surface area contributed by atoms with Crippen LogP contribution in [0.2, 0.25) is 0 Å². The van der Waals surface area contributed by atoms with Crippen molar-refractivity contribution in [1.82, 2.24) is 10.3 Å². The fraction of sp³-hybridized carbons (Fsp3) is 0.500. The maximum atomic E-state index is 12.3. The Bertz CT molecular complexity index is 720. The zero-order chi connectivity index (χ0) is 16.9. The van der Waals surface area contributed by atoms with Crippen molar-refractivity contribution in [2.24, 2.45) is 0 Å². The van der Waals surface area contributed by atoms with Crippen molar-refractivity contribution in [3.8, 4) is 0 Å². The minimum Gasteiger partial charge on any atom is -0.375 e. The largest absolute Gasteiger partial charge is 0.375 e. The summed E-state index contributed by atoms with van der Waals surface area (Å²) >= 11 is 0. The maximum Gasteiger partial charge on any atom is 0.239 e. The summed E-state index contributed by atoms with van der Waals surface area (Å²) in [6.07, 6.45) is 6.88. The smallest absolute Gasteiger partial charge is 0.239 e. The molecular weight excluding hydrogens is 298 g/mol. The van der Waals surface area contributed by atoms with Gasteiger partial charge in [-0.2, -0.15) is 0 Å². The van der Waals surface area contributed by atoms with E-state index < -0.39 is 0 Å². The van der Waals surface area contributed by atoms with Gasteiger partial charge in [-0.3, -0.25) is 9.78 Å². The van der Waals surface area contributed by atoms with Gasteiger partial charge >= 0.3 is 0 Å². The van der Waals surface area contributed by atoms with Gasteiger partial charge in [0.2, 0.25) is 5.91 Å². The zero-order valence-electron chi connectivity index (χ0n) is 14.7. The van der Waals surface area contributed by atoms with Crippen LogP contribution in [0.5, 0.6) is 0 Å². The molecule has 0 bridgehead atoms. The summed E-state index contributed by atoms with van der Waals surface area (Å²) in [5.74, 6) is 0.0856. The lowest BCUT2D eigenvalue weighted by Gasteiger charge is -2.23. The first-order valence-corrected chi connectivity index (χ1v) is 9.10. The van der Waals surface area contributed by atoms with Crippen LogP contribution in [0, 0.1) is 6.92 Å². The number of carbonyl (C=O) groups excluding carboxylic acids is 1. The third-order valence-corrected chi connectivity index (χ3v) is 4.95. The summed E-state index contributed by atoms with van der Waals surface area (Å²) in [6, 6.07) is 8.47. The summed E-state index contributed by atoms with van der Waals surface area (Å²) in [5, 5.41) is 7.65. The van der Waals surface area contributed by atoms with Crippen LogP contribution in [0.25, 0.3) is 10.9 Å². The number of hydrogen-bond donors (Lipinski definition) is 2. The molecule has 24 heavy (non-hydrogen) atoms. The van der Waals surface area contributed by atoms with Crippen molar-refractivity contribution in [1.29, 1.82) is 0 Å². The van der Waals surface area contributed by atoms with Gasteiger partial charge in [0.15, 0.2) is 0 Å². The molecule has 2 aromatic rings. The summed E-state index contributed by atoms with van der Waals surface area (Å²) in [6.45, 7) is 4.49. The number of para-hydroxylation sites is 1. The fourth-order valence-electron chi connectivity index (χ4n) is 3.70. The van der Waals surface area contributed by atoms with Gasteiger partial charge in [0.1, 0.15) is 0 Å². The molecule has 0 spiro atoms. The van der Waals surface area contributed by atoms with Gasteiger partial charge < -0.3 is 10.6 Å². The second kappa shape index (κ2) is 7.65. The Morgan fingerprint density at radius 1 is 1.21 bits per heavy atom. The predicted molar refractivity (Wildman–Crippen MR) is 99.4 cm³/mol. The van der Waals surface area contributed by atoms with Crippen LogP contribution >= 0.6 is 0 Å². The van der Waals surface area contributed by atoms with Crippen LogP contribution in [0.3, 0.4) is 0 Å². The van der Waals surface area contributed by atoms with Crippen LogP contribution in [0.1, 0.15) is 50.3 Å². The highest BCUT2D eigenvalue weighted by Crippen LogP contribution is 2.28. The highest BCUT2D eigenvalue weighted by Gasteiger charge is 2.16. The van der Waals surface area contributed by atoms with E-state index in [1.807, 2.05) is 25.1 Å². The average molecular weight is 325 g/mol. The molecule has 1 aromatic carbocycles. The number of benzene rings is 1. The van der Waals surface area contributed by atoms with Gasteiger partial charge in [-0.1, -0.05) is 44.4 Å². The standard InChI is InChI=1S/C20H27N3O/c1-3-16-14(2)22-18-12-8-7-11-17(18)20(16)21-13-19(24)23-15-9-5-4-6-10-15/h7-8,11-12,15H,3-6,9-10,13H2,1-2H3,(H,21,22)(H,23,24). The topological polar surface area (TPSA) is 54.0 Å². The molecule has 0 aliphatic heterocycles. The van der Waals surface area contributed by atoms with E-state index in [4.69, 9.17) is 0 Å². The predicted octanol–water partition coefficient (Wildman–Crippen LogP) is 3.97. The van der Waals surface area contributed by atoms with Gasteiger partial charge in [0.05, 0.1) is 12.1 Å². The van der Waals surface area contributed by atoms with Crippen molar-refractivity contribution in [2.75, 3.05) is 11.9 Å². The molecule has 4 heteroatoms. The number of pyridine rings is 1. The van der Waals surface area contributed by atoms with E-state index in [-0.39, 0.29) is 5.91 Å². The molecule has 0 radical (unpaired) electrons. The van der Waals surface area contributed by atoms with E-state index in [0.29, 0.717) is 12.6 Å². The highest BCUT2D eigenvalue weighted by atomic mass is 16.1. The van der Waals surface area contributed by atoms with Crippen molar-refractivity contribution in [3.05, 3.63) is 35.5 Å². The number of hydrogen-bond acceptors (Lipinski definition) is 3. The minimum atomic E-state index is 0.0856. The normalized spacial score (nSPS) is 15.4. The van der Waals surface area contributed by atoms with E-state index in [1.54, 1.807) is 0 Å². The molecule has 1 amide bonds. The summed E-state index contributed by atoms with van der Waals surface area (Å²) in [7, 11) is 0. The summed E-state index contributed by atoms with van der Waals surface area (Å²) < 4.78 is 0. The number of carbonyl (C=O) groups is 1. The molecule has 3 rings (SSSR count). The van der Waals surface area contributed by atoms with Crippen molar-refractivity contribution < 1.29 is 4.79 Å². The second-order valence-corrected chi connectivity index (χ2v) is 6.68. The molecule has 1 saturated carbocycles. The Labute approximate surface area is 144 Å². The molecule has 1 aliphatic rings. The maximum absolute atomic E-state index is 12.3. The Morgan fingerprint density at radius 2 is 1.96 bits per heavy atom. The second-order valence-electron chi connectivity index (χ2n) is 6.68. The van der Waals surface area contributed by atoms with Gasteiger partial charge in [-0.25, -0.2) is 0 Å². The van der Waals surface area contributed by atoms with Crippen molar-refractivity contribution >= 4 is 22.5 Å². The number of nitrogens with one attached hydrogen (secondary N) is 2. The summed E-state index contributed by atoms with van der Waals surface area (Å²) in [4.78, 5) is 17.0. The minimum absolute atomic E-state index is 0.0856. The Balaban J connectivity index is 1.75. The van der Waals surface area contributed by atoms with Crippen LogP contribution in [-0.4, -0.2) is 23.5 Å².